The lowest BCUT2D eigenvalue weighted by Crippen LogP contribution is -2.26. The maximum absolute atomic E-state index is 12.3. The van der Waals surface area contributed by atoms with Crippen molar-refractivity contribution in [3.63, 3.8) is 0 Å². The van der Waals surface area contributed by atoms with E-state index in [4.69, 9.17) is 0 Å². The van der Waals surface area contributed by atoms with Crippen LogP contribution in [0.4, 0.5) is 0 Å². The first kappa shape index (κ1) is 21.2. The van der Waals surface area contributed by atoms with Crippen LogP contribution >= 0.6 is 11.3 Å². The summed E-state index contributed by atoms with van der Waals surface area (Å²) < 4.78 is 27.1. The largest absolute Gasteiger partial charge is 0.352 e. The fourth-order valence-electron chi connectivity index (χ4n) is 2.73. The van der Waals surface area contributed by atoms with E-state index in [-0.39, 0.29) is 10.8 Å². The number of rotatable bonds is 7. The van der Waals surface area contributed by atoms with Gasteiger partial charge in [0.15, 0.2) is 0 Å². The molecule has 0 aliphatic carbocycles. The van der Waals surface area contributed by atoms with Gasteiger partial charge in [0, 0.05) is 43.7 Å². The topological polar surface area (TPSA) is 97.2 Å². The second-order valence-corrected chi connectivity index (χ2v) is 9.77. The number of hydrogen-bond acceptors (Lipinski definition) is 6. The third kappa shape index (κ3) is 4.72. The van der Waals surface area contributed by atoms with Crippen molar-refractivity contribution in [3.8, 4) is 5.13 Å². The summed E-state index contributed by atoms with van der Waals surface area (Å²) in [7, 11) is -0.573. The van der Waals surface area contributed by atoms with Gasteiger partial charge in [-0.2, -0.15) is 5.10 Å². The van der Waals surface area contributed by atoms with Gasteiger partial charge in [-0.3, -0.25) is 4.79 Å². The van der Waals surface area contributed by atoms with Gasteiger partial charge in [-0.05, 0) is 44.2 Å². The molecule has 2 heterocycles. The number of carbonyl (C=O) groups excluding carboxylic acids is 1. The zero-order valence-electron chi connectivity index (χ0n) is 16.7. The lowest BCUT2D eigenvalue weighted by molar-refractivity contribution is 0.0954. The number of aryl methyl sites for hydroxylation is 2. The second kappa shape index (κ2) is 8.44. The molecular formula is C19H23N5O3S2. The van der Waals surface area contributed by atoms with Crippen molar-refractivity contribution < 1.29 is 13.2 Å². The first-order valence-electron chi connectivity index (χ1n) is 8.97. The predicted molar refractivity (Wildman–Crippen MR) is 112 cm³/mol. The summed E-state index contributed by atoms with van der Waals surface area (Å²) in [6, 6.07) is 7.89. The van der Waals surface area contributed by atoms with E-state index < -0.39 is 10.0 Å². The monoisotopic (exact) mass is 433 g/mol. The molecule has 10 heteroatoms. The molecule has 0 radical (unpaired) electrons. The summed E-state index contributed by atoms with van der Waals surface area (Å²) in [5.41, 5.74) is 3.25. The number of sulfonamides is 1. The van der Waals surface area contributed by atoms with E-state index in [9.17, 15) is 13.2 Å². The molecule has 0 unspecified atom stereocenters. The van der Waals surface area contributed by atoms with Gasteiger partial charge >= 0.3 is 0 Å². The average Bonchev–Trinajstić information content (AvgIpc) is 3.27. The summed E-state index contributed by atoms with van der Waals surface area (Å²) >= 11 is 1.51. The number of amides is 1. The summed E-state index contributed by atoms with van der Waals surface area (Å²) in [5, 5.41) is 10.0. The van der Waals surface area contributed by atoms with E-state index in [1.54, 1.807) is 0 Å². The number of nitrogens with one attached hydrogen (secondary N) is 1. The zero-order valence-corrected chi connectivity index (χ0v) is 18.3. The molecule has 1 aromatic carbocycles. The minimum absolute atomic E-state index is 0.151. The number of aromatic nitrogens is 3. The van der Waals surface area contributed by atoms with Crippen LogP contribution in [0.15, 0.2) is 40.6 Å². The van der Waals surface area contributed by atoms with Crippen LogP contribution in [0, 0.1) is 13.8 Å². The van der Waals surface area contributed by atoms with Gasteiger partial charge in [0.1, 0.15) is 0 Å². The van der Waals surface area contributed by atoms with Crippen LogP contribution in [-0.2, 0) is 16.4 Å². The first-order chi connectivity index (χ1) is 13.7. The minimum atomic E-state index is -3.51. The molecule has 0 atom stereocenters. The lowest BCUT2D eigenvalue weighted by Gasteiger charge is -2.11. The average molecular weight is 434 g/mol. The van der Waals surface area contributed by atoms with Crippen LogP contribution in [-0.4, -0.2) is 54.0 Å². The first-order valence-corrected chi connectivity index (χ1v) is 11.3. The molecule has 0 aliphatic rings. The normalized spacial score (nSPS) is 11.8. The molecule has 8 nitrogen and oxygen atoms in total. The number of hydrogen-bond donors (Lipinski definition) is 1. The Hall–Kier alpha value is -2.56. The molecule has 0 saturated heterocycles. The molecule has 2 aromatic heterocycles. The maximum atomic E-state index is 12.3. The van der Waals surface area contributed by atoms with Crippen molar-refractivity contribution in [1.82, 2.24) is 24.4 Å². The highest BCUT2D eigenvalue weighted by molar-refractivity contribution is 7.89. The second-order valence-electron chi connectivity index (χ2n) is 6.78. The third-order valence-corrected chi connectivity index (χ3v) is 6.99. The van der Waals surface area contributed by atoms with Crippen LogP contribution in [0.5, 0.6) is 0 Å². The summed E-state index contributed by atoms with van der Waals surface area (Å²) in [6.07, 6.45) is 0.592. The maximum Gasteiger partial charge on any atom is 0.251 e. The van der Waals surface area contributed by atoms with Crippen LogP contribution < -0.4 is 5.32 Å². The molecule has 154 valence electrons. The van der Waals surface area contributed by atoms with Gasteiger partial charge in [-0.25, -0.2) is 22.4 Å². The van der Waals surface area contributed by atoms with Crippen LogP contribution in [0.25, 0.3) is 5.13 Å². The Kier molecular flexibility index (Phi) is 6.15. The van der Waals surface area contributed by atoms with Gasteiger partial charge in [-0.1, -0.05) is 0 Å². The minimum Gasteiger partial charge on any atom is -0.352 e. The predicted octanol–water partition coefficient (Wildman–Crippen LogP) is 2.17. The van der Waals surface area contributed by atoms with Gasteiger partial charge in [0.05, 0.1) is 16.3 Å². The number of nitrogens with zero attached hydrogens (tertiary/aromatic N) is 4. The molecular weight excluding hydrogens is 410 g/mol. The summed E-state index contributed by atoms with van der Waals surface area (Å²) in [5.74, 6) is -0.257. The molecule has 1 amide bonds. The van der Waals surface area contributed by atoms with Gasteiger partial charge in [0.25, 0.3) is 5.91 Å². The van der Waals surface area contributed by atoms with E-state index in [2.05, 4.69) is 15.4 Å². The highest BCUT2D eigenvalue weighted by atomic mass is 32.2. The fraction of sp³-hybridized carbons (Fsp3) is 0.316. The van der Waals surface area contributed by atoms with Crippen molar-refractivity contribution >= 4 is 27.3 Å². The Morgan fingerprint density at radius 1 is 1.21 bits per heavy atom. The molecule has 0 fully saturated rings. The van der Waals surface area contributed by atoms with Gasteiger partial charge in [0.2, 0.25) is 15.2 Å². The number of thiazole rings is 1. The smallest absolute Gasteiger partial charge is 0.251 e. The quantitative estimate of drug-likeness (QED) is 0.616. The van der Waals surface area contributed by atoms with Gasteiger partial charge in [-0.15, -0.1) is 11.3 Å². The molecule has 3 rings (SSSR count). The molecule has 3 aromatic rings. The van der Waals surface area contributed by atoms with E-state index in [0.29, 0.717) is 18.5 Å². The number of carbonyl (C=O) groups is 1. The molecule has 0 saturated carbocycles. The Morgan fingerprint density at radius 3 is 2.48 bits per heavy atom. The van der Waals surface area contributed by atoms with Crippen molar-refractivity contribution in [3.05, 3.63) is 58.4 Å². The van der Waals surface area contributed by atoms with E-state index in [0.717, 1.165) is 26.5 Å². The fourth-order valence-corrected chi connectivity index (χ4v) is 4.49. The molecule has 29 heavy (non-hydrogen) atoms. The SMILES string of the molecule is Cc1cc(C)n(-c2nc(CCNC(=O)c3ccc(S(=O)(=O)N(C)C)cc3)cs2)n1. The van der Waals surface area contributed by atoms with Crippen LogP contribution in [0.3, 0.4) is 0 Å². The molecule has 1 N–H and O–H groups in total. The summed E-state index contributed by atoms with van der Waals surface area (Å²) in [4.78, 5) is 17.0. The van der Waals surface area contributed by atoms with E-state index in [1.165, 1.54) is 49.7 Å². The van der Waals surface area contributed by atoms with Gasteiger partial charge < -0.3 is 5.32 Å². The Morgan fingerprint density at radius 2 is 1.90 bits per heavy atom. The van der Waals surface area contributed by atoms with Crippen molar-refractivity contribution in [2.45, 2.75) is 25.2 Å². The zero-order chi connectivity index (χ0) is 21.2. The lowest BCUT2D eigenvalue weighted by atomic mass is 10.2. The standard InChI is InChI=1S/C19H23N5O3S2/c1-13-11-14(2)24(22-13)19-21-16(12-28-19)9-10-20-18(25)15-5-7-17(8-6-15)29(26,27)23(3)4/h5-8,11-12H,9-10H2,1-4H3,(H,20,25). The molecule has 0 bridgehead atoms. The third-order valence-electron chi connectivity index (χ3n) is 4.29. The Bertz CT molecular complexity index is 1120. The Labute approximate surface area is 174 Å². The van der Waals surface area contributed by atoms with Crippen molar-refractivity contribution in [2.24, 2.45) is 0 Å². The Balaban J connectivity index is 1.57. The van der Waals surface area contributed by atoms with Crippen molar-refractivity contribution in [2.75, 3.05) is 20.6 Å². The molecule has 0 aliphatic heterocycles. The summed E-state index contributed by atoms with van der Waals surface area (Å²) in [6.45, 7) is 4.35. The highest BCUT2D eigenvalue weighted by Crippen LogP contribution is 2.17. The molecule has 0 spiro atoms. The number of benzene rings is 1. The van der Waals surface area contributed by atoms with E-state index >= 15 is 0 Å². The highest BCUT2D eigenvalue weighted by Gasteiger charge is 2.17. The van der Waals surface area contributed by atoms with Crippen LogP contribution in [0.1, 0.15) is 27.4 Å². The van der Waals surface area contributed by atoms with Crippen LogP contribution in [0.2, 0.25) is 0 Å². The van der Waals surface area contributed by atoms with Crippen molar-refractivity contribution in [1.29, 1.82) is 0 Å². The van der Waals surface area contributed by atoms with E-state index in [1.807, 2.05) is 30.0 Å².